The zero-order valence-electron chi connectivity index (χ0n) is 6.26. The minimum absolute atomic E-state index is 0.756. The molecule has 1 atom stereocenters. The van der Waals surface area contributed by atoms with Crippen LogP contribution in [-0.2, 0) is 9.59 Å². The number of carboxylic acid groups (broad SMARTS) is 1. The van der Waals surface area contributed by atoms with E-state index in [1.165, 1.54) is 5.32 Å². The van der Waals surface area contributed by atoms with Gasteiger partial charge in [0.2, 0.25) is 0 Å². The molecular weight excluding hydrogens is 193 g/mol. The van der Waals surface area contributed by atoms with Crippen molar-refractivity contribution in [3.05, 3.63) is 0 Å². The number of alkyl halides is 3. The summed E-state index contributed by atoms with van der Waals surface area (Å²) in [5.74, 6) is -3.69. The van der Waals surface area contributed by atoms with Crippen molar-refractivity contribution < 1.29 is 27.9 Å². The van der Waals surface area contributed by atoms with E-state index < -0.39 is 30.6 Å². The summed E-state index contributed by atoms with van der Waals surface area (Å²) >= 11 is 0. The van der Waals surface area contributed by atoms with Gasteiger partial charge in [-0.2, -0.15) is 13.2 Å². The molecule has 5 nitrogen and oxygen atoms in total. The quantitative estimate of drug-likeness (QED) is 0.549. The summed E-state index contributed by atoms with van der Waals surface area (Å²) < 4.78 is 34.5. The average Bonchev–Trinajstić information content (AvgIpc) is 1.97. The molecule has 0 saturated carbocycles. The summed E-state index contributed by atoms with van der Waals surface area (Å²) in [7, 11) is 0. The third-order valence-corrected chi connectivity index (χ3v) is 1.06. The fourth-order valence-corrected chi connectivity index (χ4v) is 0.390. The molecule has 1 unspecified atom stereocenters. The Kier molecular flexibility index (Phi) is 3.67. The van der Waals surface area contributed by atoms with Gasteiger partial charge in [0.1, 0.15) is 6.04 Å². The molecular formula is C5H7F3N2O3. The van der Waals surface area contributed by atoms with Gasteiger partial charge in [0.25, 0.3) is 0 Å². The van der Waals surface area contributed by atoms with Crippen molar-refractivity contribution in [3.8, 4) is 0 Å². The molecule has 0 aliphatic carbocycles. The summed E-state index contributed by atoms with van der Waals surface area (Å²) in [6.45, 7) is -0.756. The first-order valence-electron chi connectivity index (χ1n) is 3.08. The SMILES string of the molecule is NC(CNC(=O)C(F)(F)F)C(=O)O. The van der Waals surface area contributed by atoms with E-state index in [1.807, 2.05) is 0 Å². The molecule has 0 spiro atoms. The van der Waals surface area contributed by atoms with E-state index in [-0.39, 0.29) is 0 Å². The Morgan fingerprint density at radius 2 is 1.92 bits per heavy atom. The van der Waals surface area contributed by atoms with E-state index in [4.69, 9.17) is 10.8 Å². The Balaban J connectivity index is 3.91. The number of amides is 1. The lowest BCUT2D eigenvalue weighted by atomic mass is 10.3. The zero-order valence-corrected chi connectivity index (χ0v) is 6.26. The first kappa shape index (κ1) is 11.7. The molecule has 0 saturated heterocycles. The van der Waals surface area contributed by atoms with Gasteiger partial charge in [-0.05, 0) is 0 Å². The highest BCUT2D eigenvalue weighted by atomic mass is 19.4. The van der Waals surface area contributed by atoms with Gasteiger partial charge in [0, 0.05) is 6.54 Å². The summed E-state index contributed by atoms with van der Waals surface area (Å²) in [5, 5.41) is 9.47. The number of rotatable bonds is 3. The average molecular weight is 200 g/mol. The first-order chi connectivity index (χ1) is 5.75. The van der Waals surface area contributed by atoms with Gasteiger partial charge < -0.3 is 16.2 Å². The van der Waals surface area contributed by atoms with Gasteiger partial charge in [-0.25, -0.2) is 0 Å². The molecule has 0 aliphatic rings. The molecule has 0 aromatic carbocycles. The van der Waals surface area contributed by atoms with Crippen LogP contribution in [0.5, 0.6) is 0 Å². The van der Waals surface area contributed by atoms with Gasteiger partial charge in [-0.3, -0.25) is 9.59 Å². The number of halogens is 3. The van der Waals surface area contributed by atoms with Crippen molar-refractivity contribution in [1.29, 1.82) is 0 Å². The van der Waals surface area contributed by atoms with E-state index >= 15 is 0 Å². The van der Waals surface area contributed by atoms with Crippen molar-refractivity contribution in [2.45, 2.75) is 12.2 Å². The molecule has 0 heterocycles. The van der Waals surface area contributed by atoms with E-state index in [9.17, 15) is 22.8 Å². The van der Waals surface area contributed by atoms with Crippen LogP contribution in [-0.4, -0.2) is 35.7 Å². The lowest BCUT2D eigenvalue weighted by Crippen LogP contribution is -2.46. The molecule has 0 aromatic heterocycles. The lowest BCUT2D eigenvalue weighted by Gasteiger charge is -2.09. The predicted octanol–water partition coefficient (Wildman–Crippen LogP) is -0.923. The minimum Gasteiger partial charge on any atom is -0.480 e. The van der Waals surface area contributed by atoms with Gasteiger partial charge >= 0.3 is 18.1 Å². The van der Waals surface area contributed by atoms with Gasteiger partial charge in [0.15, 0.2) is 0 Å². The Labute approximate surface area is 70.7 Å². The molecule has 0 bridgehead atoms. The van der Waals surface area contributed by atoms with Crippen LogP contribution in [0.1, 0.15) is 0 Å². The molecule has 8 heteroatoms. The highest BCUT2D eigenvalue weighted by Crippen LogP contribution is 2.13. The molecule has 0 aromatic rings. The number of carbonyl (C=O) groups is 2. The number of hydrogen-bond donors (Lipinski definition) is 3. The van der Waals surface area contributed by atoms with Gasteiger partial charge in [0.05, 0.1) is 0 Å². The second-order valence-electron chi connectivity index (χ2n) is 2.15. The molecule has 0 rings (SSSR count). The number of nitrogens with one attached hydrogen (secondary N) is 1. The maximum atomic E-state index is 11.5. The van der Waals surface area contributed by atoms with Gasteiger partial charge in [-0.1, -0.05) is 0 Å². The highest BCUT2D eigenvalue weighted by Gasteiger charge is 2.38. The van der Waals surface area contributed by atoms with E-state index in [0.29, 0.717) is 0 Å². The number of carbonyl (C=O) groups excluding carboxylic acids is 1. The zero-order chi connectivity index (χ0) is 10.6. The van der Waals surface area contributed by atoms with Crippen LogP contribution >= 0.6 is 0 Å². The number of nitrogens with two attached hydrogens (primary N) is 1. The third-order valence-electron chi connectivity index (χ3n) is 1.06. The molecule has 1 amide bonds. The number of carboxylic acids is 1. The standard InChI is InChI=1S/C5H7F3N2O3/c6-5(7,8)4(13)10-1-2(9)3(11)12/h2H,1,9H2,(H,10,13)(H,11,12). The monoisotopic (exact) mass is 200 g/mol. The van der Waals surface area contributed by atoms with E-state index in [2.05, 4.69) is 0 Å². The molecule has 0 fully saturated rings. The summed E-state index contributed by atoms with van der Waals surface area (Å²) in [6.07, 6.45) is -5.02. The minimum atomic E-state index is -5.02. The van der Waals surface area contributed by atoms with E-state index in [0.717, 1.165) is 0 Å². The topological polar surface area (TPSA) is 92.4 Å². The van der Waals surface area contributed by atoms with Crippen molar-refractivity contribution in [2.24, 2.45) is 5.73 Å². The number of hydrogen-bond acceptors (Lipinski definition) is 3. The van der Waals surface area contributed by atoms with Crippen LogP contribution in [0.2, 0.25) is 0 Å². The van der Waals surface area contributed by atoms with Crippen LogP contribution in [0.25, 0.3) is 0 Å². The second kappa shape index (κ2) is 4.08. The fraction of sp³-hybridized carbons (Fsp3) is 0.600. The summed E-state index contributed by atoms with van der Waals surface area (Å²) in [4.78, 5) is 20.1. The first-order valence-corrected chi connectivity index (χ1v) is 3.08. The fourth-order valence-electron chi connectivity index (χ4n) is 0.390. The lowest BCUT2D eigenvalue weighted by molar-refractivity contribution is -0.173. The van der Waals surface area contributed by atoms with Crippen LogP contribution in [0.15, 0.2) is 0 Å². The smallest absolute Gasteiger partial charge is 0.471 e. The third kappa shape index (κ3) is 4.31. The molecule has 13 heavy (non-hydrogen) atoms. The predicted molar refractivity (Wildman–Crippen MR) is 34.7 cm³/mol. The van der Waals surface area contributed by atoms with Crippen LogP contribution in [0.3, 0.4) is 0 Å². The Hall–Kier alpha value is -1.31. The van der Waals surface area contributed by atoms with Crippen LogP contribution in [0.4, 0.5) is 13.2 Å². The largest absolute Gasteiger partial charge is 0.480 e. The van der Waals surface area contributed by atoms with Crippen LogP contribution < -0.4 is 11.1 Å². The van der Waals surface area contributed by atoms with Crippen molar-refractivity contribution in [3.63, 3.8) is 0 Å². The molecule has 76 valence electrons. The maximum Gasteiger partial charge on any atom is 0.471 e. The highest BCUT2D eigenvalue weighted by molar-refractivity contribution is 5.82. The molecule has 4 N–H and O–H groups in total. The summed E-state index contributed by atoms with van der Waals surface area (Å²) in [5.41, 5.74) is 4.83. The Morgan fingerprint density at radius 3 is 2.23 bits per heavy atom. The van der Waals surface area contributed by atoms with E-state index in [1.54, 1.807) is 0 Å². The number of aliphatic carboxylic acids is 1. The Bertz CT molecular complexity index is 216. The van der Waals surface area contributed by atoms with Crippen molar-refractivity contribution in [1.82, 2.24) is 5.32 Å². The summed E-state index contributed by atoms with van der Waals surface area (Å²) in [6, 6.07) is -1.54. The van der Waals surface area contributed by atoms with Crippen LogP contribution in [0, 0.1) is 0 Å². The van der Waals surface area contributed by atoms with Crippen molar-refractivity contribution in [2.75, 3.05) is 6.54 Å². The van der Waals surface area contributed by atoms with Gasteiger partial charge in [-0.15, -0.1) is 0 Å². The maximum absolute atomic E-state index is 11.5. The molecule has 0 aliphatic heterocycles. The normalized spacial score (nSPS) is 13.5. The van der Waals surface area contributed by atoms with Crippen molar-refractivity contribution >= 4 is 11.9 Å². The molecule has 0 radical (unpaired) electrons. The second-order valence-corrected chi connectivity index (χ2v) is 2.15. The Morgan fingerprint density at radius 1 is 1.46 bits per heavy atom.